The highest BCUT2D eigenvalue weighted by molar-refractivity contribution is 7.14. The fourth-order valence-electron chi connectivity index (χ4n) is 3.11. The Morgan fingerprint density at radius 1 is 1.07 bits per heavy atom. The Morgan fingerprint density at radius 3 is 2.83 bits per heavy atom. The summed E-state index contributed by atoms with van der Waals surface area (Å²) in [5.74, 6) is 1.31. The number of nitrogens with one attached hydrogen (secondary N) is 2. The Morgan fingerprint density at radius 2 is 1.93 bits per heavy atom. The second kappa shape index (κ2) is 7.99. The maximum atomic E-state index is 6.27. The largest absolute Gasteiger partial charge is 0.454 e. The molecule has 30 heavy (non-hydrogen) atoms. The molecule has 0 saturated heterocycles. The van der Waals surface area contributed by atoms with Gasteiger partial charge in [-0.2, -0.15) is 5.10 Å². The molecule has 0 saturated carbocycles. The third-order valence-corrected chi connectivity index (χ3v) is 5.84. The number of aromatic amines is 1. The smallest absolute Gasteiger partial charge is 0.203 e. The molecule has 5 rings (SSSR count). The van der Waals surface area contributed by atoms with Crippen molar-refractivity contribution in [2.75, 3.05) is 5.43 Å². The predicted molar refractivity (Wildman–Crippen MR) is 125 cm³/mol. The van der Waals surface area contributed by atoms with E-state index in [0.29, 0.717) is 26.7 Å². The molecule has 2 N–H and O–H groups in total. The van der Waals surface area contributed by atoms with Crippen LogP contribution >= 0.6 is 34.5 Å². The monoisotopic (exact) mass is 452 g/mol. The van der Waals surface area contributed by atoms with Crippen LogP contribution in [0.15, 0.2) is 75.7 Å². The van der Waals surface area contributed by atoms with Crippen molar-refractivity contribution < 1.29 is 4.42 Å². The number of furan rings is 1. The van der Waals surface area contributed by atoms with Crippen LogP contribution in [0.4, 0.5) is 5.13 Å². The summed E-state index contributed by atoms with van der Waals surface area (Å²) in [7, 11) is 0. The van der Waals surface area contributed by atoms with Crippen LogP contribution in [0.25, 0.3) is 33.7 Å². The van der Waals surface area contributed by atoms with Crippen LogP contribution < -0.4 is 5.43 Å². The molecule has 8 heteroatoms. The number of benzene rings is 2. The van der Waals surface area contributed by atoms with Gasteiger partial charge in [-0.3, -0.25) is 5.43 Å². The SMILES string of the molecule is Clc1ccc(-c2ccc(-c3csc(NN=Cc4c[nH]c5ccccc45)n3)o2)c(Cl)c1. The molecule has 0 aliphatic rings. The highest BCUT2D eigenvalue weighted by atomic mass is 35.5. The van der Waals surface area contributed by atoms with Crippen molar-refractivity contribution in [3.05, 3.63) is 81.8 Å². The molecule has 5 aromatic rings. The van der Waals surface area contributed by atoms with E-state index >= 15 is 0 Å². The number of thiazole rings is 1. The maximum Gasteiger partial charge on any atom is 0.203 e. The van der Waals surface area contributed by atoms with Gasteiger partial charge in [0.15, 0.2) is 5.76 Å². The van der Waals surface area contributed by atoms with E-state index < -0.39 is 0 Å². The lowest BCUT2D eigenvalue weighted by atomic mass is 10.2. The predicted octanol–water partition coefficient (Wildman–Crippen LogP) is 7.30. The lowest BCUT2D eigenvalue weighted by molar-refractivity contribution is 0.595. The number of hydrogen-bond donors (Lipinski definition) is 2. The van der Waals surface area contributed by atoms with Crippen molar-refractivity contribution in [3.8, 4) is 22.8 Å². The van der Waals surface area contributed by atoms with Gasteiger partial charge < -0.3 is 9.40 Å². The second-order valence-electron chi connectivity index (χ2n) is 6.49. The van der Waals surface area contributed by atoms with E-state index in [1.54, 1.807) is 18.3 Å². The Labute approximate surface area is 186 Å². The Kier molecular flexibility index (Phi) is 5.04. The standard InChI is InChI=1S/C22H14Cl2N4OS/c23-14-5-6-16(17(24)9-14)20-7-8-21(29-20)19-12-30-22(27-19)28-26-11-13-10-25-18-4-2-1-3-15(13)18/h1-12,25H,(H,27,28). The molecule has 3 heterocycles. The molecule has 0 amide bonds. The highest BCUT2D eigenvalue weighted by Gasteiger charge is 2.12. The zero-order valence-electron chi connectivity index (χ0n) is 15.4. The number of anilines is 1. The first-order valence-corrected chi connectivity index (χ1v) is 10.7. The molecule has 3 aromatic heterocycles. The van der Waals surface area contributed by atoms with Crippen molar-refractivity contribution in [3.63, 3.8) is 0 Å². The van der Waals surface area contributed by atoms with E-state index in [1.807, 2.05) is 48.0 Å². The van der Waals surface area contributed by atoms with Crippen LogP contribution in [0.2, 0.25) is 10.0 Å². The molecule has 148 valence electrons. The Hall–Kier alpha value is -3.06. The highest BCUT2D eigenvalue weighted by Crippen LogP contribution is 2.34. The zero-order valence-corrected chi connectivity index (χ0v) is 17.7. The van der Waals surface area contributed by atoms with Crippen molar-refractivity contribution in [2.24, 2.45) is 5.10 Å². The van der Waals surface area contributed by atoms with E-state index in [9.17, 15) is 0 Å². The van der Waals surface area contributed by atoms with Gasteiger partial charge in [0, 0.05) is 38.6 Å². The van der Waals surface area contributed by atoms with E-state index in [0.717, 1.165) is 27.7 Å². The molecule has 0 atom stereocenters. The average molecular weight is 453 g/mol. The summed E-state index contributed by atoms with van der Waals surface area (Å²) in [6, 6.07) is 17.1. The van der Waals surface area contributed by atoms with Gasteiger partial charge in [0.1, 0.15) is 11.5 Å². The molecule has 0 spiro atoms. The summed E-state index contributed by atoms with van der Waals surface area (Å²) in [6.45, 7) is 0. The third kappa shape index (κ3) is 3.73. The number of rotatable bonds is 5. The summed E-state index contributed by atoms with van der Waals surface area (Å²) in [4.78, 5) is 7.77. The lowest BCUT2D eigenvalue weighted by Crippen LogP contribution is -1.89. The first-order chi connectivity index (χ1) is 14.7. The first kappa shape index (κ1) is 18.9. The molecule has 5 nitrogen and oxygen atoms in total. The zero-order chi connectivity index (χ0) is 20.5. The number of hydrogen-bond acceptors (Lipinski definition) is 5. The topological polar surface area (TPSA) is 66.2 Å². The van der Waals surface area contributed by atoms with Gasteiger partial charge in [0.2, 0.25) is 5.13 Å². The Balaban J connectivity index is 1.32. The molecule has 0 radical (unpaired) electrons. The van der Waals surface area contributed by atoms with E-state index in [-0.39, 0.29) is 0 Å². The quantitative estimate of drug-likeness (QED) is 0.217. The van der Waals surface area contributed by atoms with Crippen molar-refractivity contribution >= 4 is 56.8 Å². The van der Waals surface area contributed by atoms with Gasteiger partial charge in [-0.25, -0.2) is 4.98 Å². The molecular weight excluding hydrogens is 439 g/mol. The number of fused-ring (bicyclic) bond motifs is 1. The molecule has 0 unspecified atom stereocenters. The number of nitrogens with zero attached hydrogens (tertiary/aromatic N) is 2. The van der Waals surface area contributed by atoms with Gasteiger partial charge in [0.25, 0.3) is 0 Å². The molecule has 0 fully saturated rings. The first-order valence-electron chi connectivity index (χ1n) is 9.04. The van der Waals surface area contributed by atoms with E-state index in [4.69, 9.17) is 27.6 Å². The minimum Gasteiger partial charge on any atom is -0.454 e. The molecule has 0 bridgehead atoms. The van der Waals surface area contributed by atoms with E-state index in [2.05, 4.69) is 26.6 Å². The molecule has 0 aliphatic carbocycles. The van der Waals surface area contributed by atoms with Gasteiger partial charge >= 0.3 is 0 Å². The lowest BCUT2D eigenvalue weighted by Gasteiger charge is -2.01. The molecular formula is C22H14Cl2N4OS. The van der Waals surface area contributed by atoms with Gasteiger partial charge in [-0.05, 0) is 36.4 Å². The number of hydrazone groups is 1. The van der Waals surface area contributed by atoms with Crippen LogP contribution in [0.1, 0.15) is 5.56 Å². The van der Waals surface area contributed by atoms with Crippen LogP contribution in [0.3, 0.4) is 0 Å². The van der Waals surface area contributed by atoms with Crippen LogP contribution in [0, 0.1) is 0 Å². The molecule has 2 aromatic carbocycles. The number of H-pyrrole nitrogens is 1. The Bertz CT molecular complexity index is 1370. The van der Waals surface area contributed by atoms with Crippen LogP contribution in [-0.4, -0.2) is 16.2 Å². The molecule has 0 aliphatic heterocycles. The summed E-state index contributed by atoms with van der Waals surface area (Å²) >= 11 is 13.7. The van der Waals surface area contributed by atoms with Gasteiger partial charge in [-0.15, -0.1) is 11.3 Å². The van der Waals surface area contributed by atoms with Crippen LogP contribution in [0.5, 0.6) is 0 Å². The van der Waals surface area contributed by atoms with Gasteiger partial charge in [0.05, 0.1) is 11.2 Å². The number of halogens is 2. The summed E-state index contributed by atoms with van der Waals surface area (Å²) in [5.41, 5.74) is 6.56. The summed E-state index contributed by atoms with van der Waals surface area (Å²) in [6.07, 6.45) is 3.70. The van der Waals surface area contributed by atoms with E-state index in [1.165, 1.54) is 11.3 Å². The number of aromatic nitrogens is 2. The third-order valence-electron chi connectivity index (χ3n) is 4.54. The minimum atomic E-state index is 0.538. The minimum absolute atomic E-state index is 0.538. The second-order valence-corrected chi connectivity index (χ2v) is 8.19. The summed E-state index contributed by atoms with van der Waals surface area (Å²) in [5, 5.41) is 9.13. The van der Waals surface area contributed by atoms with Crippen molar-refractivity contribution in [1.82, 2.24) is 9.97 Å². The fraction of sp³-hybridized carbons (Fsp3) is 0. The average Bonchev–Trinajstić information content (AvgIpc) is 3.48. The van der Waals surface area contributed by atoms with Crippen LogP contribution in [-0.2, 0) is 0 Å². The maximum absolute atomic E-state index is 6.27. The normalized spacial score (nSPS) is 11.5. The fourth-order valence-corrected chi connectivity index (χ4v) is 4.26. The van der Waals surface area contributed by atoms with Crippen molar-refractivity contribution in [1.29, 1.82) is 0 Å². The number of para-hydroxylation sites is 1. The summed E-state index contributed by atoms with van der Waals surface area (Å²) < 4.78 is 5.95. The van der Waals surface area contributed by atoms with Crippen molar-refractivity contribution in [2.45, 2.75) is 0 Å². The van der Waals surface area contributed by atoms with Gasteiger partial charge in [-0.1, -0.05) is 41.4 Å².